The van der Waals surface area contributed by atoms with Gasteiger partial charge in [0.1, 0.15) is 0 Å². The third-order valence-corrected chi connectivity index (χ3v) is 4.87. The van der Waals surface area contributed by atoms with Gasteiger partial charge in [0, 0.05) is 31.9 Å². The molecule has 2 heterocycles. The van der Waals surface area contributed by atoms with Crippen molar-refractivity contribution < 1.29 is 9.53 Å². The van der Waals surface area contributed by atoms with Crippen LogP contribution in [0.5, 0.6) is 0 Å². The number of ether oxygens (including phenoxy) is 1. The maximum absolute atomic E-state index is 12.5. The molecule has 25 heavy (non-hydrogen) atoms. The molecule has 3 rings (SSSR count). The van der Waals surface area contributed by atoms with Crippen molar-refractivity contribution >= 4 is 36.4 Å². The Bertz CT molecular complexity index is 528. The molecular formula is C18H29Cl2N3O2. The molecule has 0 aliphatic carbocycles. The number of benzene rings is 1. The molecular weight excluding hydrogens is 361 g/mol. The number of hydrogen-bond acceptors (Lipinski definition) is 4. The summed E-state index contributed by atoms with van der Waals surface area (Å²) >= 11 is 0. The lowest BCUT2D eigenvalue weighted by Gasteiger charge is -2.32. The van der Waals surface area contributed by atoms with Crippen LogP contribution in [0.4, 0.5) is 5.69 Å². The van der Waals surface area contributed by atoms with E-state index >= 15 is 0 Å². The number of piperidine rings is 1. The van der Waals surface area contributed by atoms with Crippen LogP contribution in [-0.4, -0.2) is 50.2 Å². The summed E-state index contributed by atoms with van der Waals surface area (Å²) < 4.78 is 5.37. The first-order valence-corrected chi connectivity index (χ1v) is 8.57. The van der Waals surface area contributed by atoms with Gasteiger partial charge in [-0.3, -0.25) is 9.69 Å². The summed E-state index contributed by atoms with van der Waals surface area (Å²) in [5.74, 6) is 0.116. The molecule has 2 saturated heterocycles. The van der Waals surface area contributed by atoms with E-state index in [0.717, 1.165) is 64.5 Å². The first kappa shape index (κ1) is 22.2. The molecule has 2 fully saturated rings. The minimum absolute atomic E-state index is 0. The summed E-state index contributed by atoms with van der Waals surface area (Å²) in [5.41, 5.74) is 1.85. The molecule has 142 valence electrons. The van der Waals surface area contributed by atoms with Crippen molar-refractivity contribution in [2.24, 2.45) is 5.41 Å². The highest BCUT2D eigenvalue weighted by atomic mass is 35.5. The van der Waals surface area contributed by atoms with E-state index in [1.54, 1.807) is 0 Å². The lowest BCUT2D eigenvalue weighted by molar-refractivity contribution is -0.125. The van der Waals surface area contributed by atoms with Gasteiger partial charge < -0.3 is 15.4 Å². The number of nitrogens with one attached hydrogen (secondary N) is 2. The molecule has 1 unspecified atom stereocenters. The summed E-state index contributed by atoms with van der Waals surface area (Å²) in [5, 5.41) is 6.39. The normalized spacial score (nSPS) is 23.9. The number of carbonyl (C=O) groups is 1. The van der Waals surface area contributed by atoms with Crippen molar-refractivity contribution in [3.05, 3.63) is 29.8 Å². The van der Waals surface area contributed by atoms with Crippen LogP contribution >= 0.6 is 24.8 Å². The number of hydrogen-bond donors (Lipinski definition) is 2. The quantitative estimate of drug-likeness (QED) is 0.830. The van der Waals surface area contributed by atoms with Gasteiger partial charge in [-0.05, 0) is 44.0 Å². The van der Waals surface area contributed by atoms with E-state index in [0.29, 0.717) is 0 Å². The first-order valence-electron chi connectivity index (χ1n) is 8.57. The van der Waals surface area contributed by atoms with E-state index in [9.17, 15) is 4.79 Å². The van der Waals surface area contributed by atoms with Gasteiger partial charge in [0.2, 0.25) is 5.91 Å². The molecule has 1 amide bonds. The molecule has 2 aliphatic rings. The van der Waals surface area contributed by atoms with Gasteiger partial charge >= 0.3 is 0 Å². The maximum Gasteiger partial charge on any atom is 0.231 e. The summed E-state index contributed by atoms with van der Waals surface area (Å²) in [6, 6.07) is 8.22. The van der Waals surface area contributed by atoms with Gasteiger partial charge in [-0.1, -0.05) is 12.1 Å². The summed E-state index contributed by atoms with van der Waals surface area (Å²) in [6.07, 6.45) is 2.00. The zero-order valence-electron chi connectivity index (χ0n) is 14.8. The second-order valence-electron chi connectivity index (χ2n) is 6.88. The average Bonchev–Trinajstić information content (AvgIpc) is 2.58. The summed E-state index contributed by atoms with van der Waals surface area (Å²) in [7, 11) is 0. The van der Waals surface area contributed by atoms with E-state index in [-0.39, 0.29) is 36.1 Å². The van der Waals surface area contributed by atoms with Gasteiger partial charge in [-0.2, -0.15) is 0 Å². The zero-order valence-corrected chi connectivity index (χ0v) is 16.4. The number of anilines is 1. The minimum Gasteiger partial charge on any atom is -0.379 e. The van der Waals surface area contributed by atoms with Crippen LogP contribution in [0.2, 0.25) is 0 Å². The topological polar surface area (TPSA) is 53.6 Å². The molecule has 2 N–H and O–H groups in total. The molecule has 1 aromatic rings. The van der Waals surface area contributed by atoms with Crippen LogP contribution in [-0.2, 0) is 16.1 Å². The number of halogens is 2. The number of amides is 1. The third kappa shape index (κ3) is 6.12. The highest BCUT2D eigenvalue weighted by molar-refractivity contribution is 5.95. The lowest BCUT2D eigenvalue weighted by atomic mass is 9.82. The molecule has 7 heteroatoms. The van der Waals surface area contributed by atoms with Crippen LogP contribution in [0.15, 0.2) is 24.3 Å². The fourth-order valence-electron chi connectivity index (χ4n) is 3.24. The Labute approximate surface area is 162 Å². The van der Waals surface area contributed by atoms with Crippen molar-refractivity contribution in [2.75, 3.05) is 44.7 Å². The standard InChI is InChI=1S/C18H27N3O2.2ClH/c1-18(7-2-8-19-14-18)17(22)20-16-5-3-15(4-6-16)13-21-9-11-23-12-10-21;;/h3-6,19H,2,7-14H2,1H3,(H,20,22);2*1H. The predicted octanol–water partition coefficient (Wildman–Crippen LogP) is 2.69. The predicted molar refractivity (Wildman–Crippen MR) is 106 cm³/mol. The second kappa shape index (κ2) is 10.3. The number of nitrogens with zero attached hydrogens (tertiary/aromatic N) is 1. The zero-order chi connectivity index (χ0) is 16.1. The Kier molecular flexibility index (Phi) is 9.17. The van der Waals surface area contributed by atoms with Crippen molar-refractivity contribution in [1.82, 2.24) is 10.2 Å². The lowest BCUT2D eigenvalue weighted by Crippen LogP contribution is -2.46. The summed E-state index contributed by atoms with van der Waals surface area (Å²) in [4.78, 5) is 14.9. The molecule has 5 nitrogen and oxygen atoms in total. The molecule has 0 bridgehead atoms. The highest BCUT2D eigenvalue weighted by Crippen LogP contribution is 2.27. The highest BCUT2D eigenvalue weighted by Gasteiger charge is 2.34. The van der Waals surface area contributed by atoms with E-state index in [1.807, 2.05) is 19.1 Å². The third-order valence-electron chi connectivity index (χ3n) is 4.87. The smallest absolute Gasteiger partial charge is 0.231 e. The van der Waals surface area contributed by atoms with Crippen molar-refractivity contribution in [3.8, 4) is 0 Å². The van der Waals surface area contributed by atoms with Crippen molar-refractivity contribution in [3.63, 3.8) is 0 Å². The number of morpholine rings is 1. The Balaban J connectivity index is 0.00000156. The maximum atomic E-state index is 12.5. The van der Waals surface area contributed by atoms with Gasteiger partial charge in [0.05, 0.1) is 18.6 Å². The minimum atomic E-state index is -0.301. The SMILES string of the molecule is CC1(C(=O)Nc2ccc(CN3CCOCC3)cc2)CCCNC1.Cl.Cl. The molecule has 0 spiro atoms. The van der Waals surface area contributed by atoms with Gasteiger partial charge in [-0.15, -0.1) is 24.8 Å². The van der Waals surface area contributed by atoms with Gasteiger partial charge in [0.15, 0.2) is 0 Å². The Morgan fingerprint density at radius 2 is 1.92 bits per heavy atom. The van der Waals surface area contributed by atoms with E-state index in [2.05, 4.69) is 27.7 Å². The van der Waals surface area contributed by atoms with Crippen molar-refractivity contribution in [2.45, 2.75) is 26.3 Å². The Hall–Kier alpha value is -0.850. The Morgan fingerprint density at radius 1 is 1.24 bits per heavy atom. The number of carbonyl (C=O) groups excluding carboxylic acids is 1. The average molecular weight is 390 g/mol. The molecule has 0 saturated carbocycles. The second-order valence-corrected chi connectivity index (χ2v) is 6.88. The molecule has 0 aromatic heterocycles. The van der Waals surface area contributed by atoms with Crippen LogP contribution in [0, 0.1) is 5.41 Å². The van der Waals surface area contributed by atoms with Gasteiger partial charge in [-0.25, -0.2) is 0 Å². The molecule has 1 atom stereocenters. The van der Waals surface area contributed by atoms with Crippen LogP contribution in [0.1, 0.15) is 25.3 Å². The van der Waals surface area contributed by atoms with Crippen LogP contribution in [0.3, 0.4) is 0 Å². The van der Waals surface area contributed by atoms with Crippen molar-refractivity contribution in [1.29, 1.82) is 0 Å². The van der Waals surface area contributed by atoms with E-state index in [1.165, 1.54) is 5.56 Å². The number of rotatable bonds is 4. The van der Waals surface area contributed by atoms with E-state index in [4.69, 9.17) is 4.74 Å². The monoisotopic (exact) mass is 389 g/mol. The molecule has 1 aromatic carbocycles. The fraction of sp³-hybridized carbons (Fsp3) is 0.611. The molecule has 2 aliphatic heterocycles. The molecule has 0 radical (unpaired) electrons. The Morgan fingerprint density at radius 3 is 2.52 bits per heavy atom. The van der Waals surface area contributed by atoms with Gasteiger partial charge in [0.25, 0.3) is 0 Å². The summed E-state index contributed by atoms with van der Waals surface area (Å²) in [6.45, 7) is 8.38. The fourth-order valence-corrected chi connectivity index (χ4v) is 3.24. The van der Waals surface area contributed by atoms with Crippen LogP contribution in [0.25, 0.3) is 0 Å². The largest absolute Gasteiger partial charge is 0.379 e. The van der Waals surface area contributed by atoms with E-state index < -0.39 is 0 Å². The first-order chi connectivity index (χ1) is 11.2. The van der Waals surface area contributed by atoms with Crippen LogP contribution < -0.4 is 10.6 Å².